The minimum Gasteiger partial charge on any atom is -0.497 e. The van der Waals surface area contributed by atoms with E-state index in [4.69, 9.17) is 9.73 Å². The number of hydrogen-bond acceptors (Lipinski definition) is 2. The van der Waals surface area contributed by atoms with E-state index in [2.05, 4.69) is 88.7 Å². The van der Waals surface area contributed by atoms with Crippen LogP contribution < -0.4 is 4.74 Å². The summed E-state index contributed by atoms with van der Waals surface area (Å²) in [4.78, 5) is 4.78. The first-order valence-electron chi connectivity index (χ1n) is 10.1. The van der Waals surface area contributed by atoms with E-state index in [1.807, 2.05) is 30.5 Å². The van der Waals surface area contributed by atoms with E-state index >= 15 is 0 Å². The van der Waals surface area contributed by atoms with Crippen LogP contribution in [0.3, 0.4) is 0 Å². The highest BCUT2D eigenvalue weighted by Crippen LogP contribution is 2.32. The molecule has 5 aromatic carbocycles. The van der Waals surface area contributed by atoms with Crippen LogP contribution in [0, 0.1) is 0 Å². The average molecular weight is 466 g/mol. The van der Waals surface area contributed by atoms with Crippen LogP contribution in [-0.2, 0) is 0 Å². The number of ether oxygens (including phenoxy) is 1. The van der Waals surface area contributed by atoms with Crippen molar-refractivity contribution in [2.24, 2.45) is 4.99 Å². The van der Waals surface area contributed by atoms with E-state index in [0.29, 0.717) is 0 Å². The van der Waals surface area contributed by atoms with Crippen molar-refractivity contribution in [3.63, 3.8) is 0 Å². The van der Waals surface area contributed by atoms with Gasteiger partial charge in [-0.2, -0.15) is 0 Å². The van der Waals surface area contributed by atoms with Gasteiger partial charge in [-0.05, 0) is 75.1 Å². The number of halogens is 1. The highest BCUT2D eigenvalue weighted by molar-refractivity contribution is 9.10. The summed E-state index contributed by atoms with van der Waals surface area (Å²) < 4.78 is 6.34. The minimum absolute atomic E-state index is 0.826. The lowest BCUT2D eigenvalue weighted by molar-refractivity contribution is 0.415. The van der Waals surface area contributed by atoms with Gasteiger partial charge in [-0.25, -0.2) is 0 Å². The molecule has 0 aliphatic carbocycles. The Labute approximate surface area is 190 Å². The largest absolute Gasteiger partial charge is 0.497 e. The summed E-state index contributed by atoms with van der Waals surface area (Å²) in [6.45, 7) is 0. The van der Waals surface area contributed by atoms with Gasteiger partial charge in [-0.15, -0.1) is 0 Å². The minimum atomic E-state index is 0.826. The van der Waals surface area contributed by atoms with Crippen molar-refractivity contribution in [3.05, 3.63) is 107 Å². The molecule has 0 radical (unpaired) electrons. The van der Waals surface area contributed by atoms with Crippen molar-refractivity contribution in [2.45, 2.75) is 0 Å². The first-order chi connectivity index (χ1) is 15.2. The Kier molecular flexibility index (Phi) is 5.27. The lowest BCUT2D eigenvalue weighted by Gasteiger charge is -2.11. The Balaban J connectivity index is 1.66. The first-order valence-corrected chi connectivity index (χ1v) is 10.9. The van der Waals surface area contributed by atoms with E-state index in [9.17, 15) is 0 Å². The summed E-state index contributed by atoms with van der Waals surface area (Å²) in [5, 5.41) is 4.82. The summed E-state index contributed by atoms with van der Waals surface area (Å²) in [6, 6.07) is 33.6. The van der Waals surface area contributed by atoms with Crippen molar-refractivity contribution in [1.29, 1.82) is 0 Å². The smallest absolute Gasteiger partial charge is 0.119 e. The van der Waals surface area contributed by atoms with E-state index in [-0.39, 0.29) is 0 Å². The SMILES string of the molecule is COc1ccc(N=Cc2c(-c3ccc4cc(Br)ccc4c3)ccc3ccccc23)cc1. The fourth-order valence-electron chi connectivity index (χ4n) is 3.88. The highest BCUT2D eigenvalue weighted by Gasteiger charge is 2.09. The van der Waals surface area contributed by atoms with Gasteiger partial charge >= 0.3 is 0 Å². The quantitative estimate of drug-likeness (QED) is 0.245. The summed E-state index contributed by atoms with van der Waals surface area (Å²) >= 11 is 3.56. The van der Waals surface area contributed by atoms with Crippen LogP contribution in [0.2, 0.25) is 0 Å². The molecule has 5 rings (SSSR count). The Morgan fingerprint density at radius 3 is 2.32 bits per heavy atom. The summed E-state index contributed by atoms with van der Waals surface area (Å²) in [6.07, 6.45) is 1.98. The van der Waals surface area contributed by atoms with Gasteiger partial charge in [0, 0.05) is 16.3 Å². The molecule has 0 amide bonds. The number of benzene rings is 5. The second-order valence-corrected chi connectivity index (χ2v) is 8.33. The lowest BCUT2D eigenvalue weighted by Crippen LogP contribution is -1.91. The van der Waals surface area contributed by atoms with E-state index in [1.54, 1.807) is 7.11 Å². The van der Waals surface area contributed by atoms with Gasteiger partial charge < -0.3 is 4.74 Å². The fourth-order valence-corrected chi connectivity index (χ4v) is 4.26. The van der Waals surface area contributed by atoms with E-state index < -0.39 is 0 Å². The molecule has 0 heterocycles. The van der Waals surface area contributed by atoms with Crippen molar-refractivity contribution in [3.8, 4) is 16.9 Å². The van der Waals surface area contributed by atoms with Gasteiger partial charge in [-0.1, -0.05) is 70.5 Å². The molecule has 0 fully saturated rings. The molecule has 0 unspecified atom stereocenters. The maximum atomic E-state index is 5.25. The molecule has 5 aromatic rings. The summed E-state index contributed by atoms with van der Waals surface area (Å²) in [5.74, 6) is 0.826. The highest BCUT2D eigenvalue weighted by atomic mass is 79.9. The van der Waals surface area contributed by atoms with Gasteiger partial charge in [0.2, 0.25) is 0 Å². The van der Waals surface area contributed by atoms with Crippen molar-refractivity contribution < 1.29 is 4.74 Å². The molecule has 0 aliphatic heterocycles. The number of rotatable bonds is 4. The number of fused-ring (bicyclic) bond motifs is 2. The predicted molar refractivity (Wildman–Crippen MR) is 135 cm³/mol. The number of methoxy groups -OCH3 is 1. The molecule has 0 N–H and O–H groups in total. The molecular weight excluding hydrogens is 446 g/mol. The summed E-state index contributed by atoms with van der Waals surface area (Å²) in [5.41, 5.74) is 4.35. The second-order valence-electron chi connectivity index (χ2n) is 7.41. The molecule has 0 bridgehead atoms. The molecule has 3 heteroatoms. The van der Waals surface area contributed by atoms with E-state index in [0.717, 1.165) is 21.5 Å². The van der Waals surface area contributed by atoms with Gasteiger partial charge in [0.1, 0.15) is 5.75 Å². The normalized spacial score (nSPS) is 11.4. The monoisotopic (exact) mass is 465 g/mol. The zero-order chi connectivity index (χ0) is 21.2. The zero-order valence-electron chi connectivity index (χ0n) is 17.0. The molecule has 0 aromatic heterocycles. The van der Waals surface area contributed by atoms with Crippen LogP contribution in [0.4, 0.5) is 5.69 Å². The Hall–Kier alpha value is -3.43. The molecule has 0 spiro atoms. The van der Waals surface area contributed by atoms with Crippen molar-refractivity contribution in [2.75, 3.05) is 7.11 Å². The predicted octanol–water partition coefficient (Wildman–Crippen LogP) is 8.18. The standard InChI is InChI=1S/C28H20BrNO/c1-31-25-13-11-24(12-14-25)30-18-28-26-5-3-2-4-19(26)9-15-27(28)22-7-6-21-17-23(29)10-8-20(21)16-22/h2-18H,1H3. The lowest BCUT2D eigenvalue weighted by atomic mass is 9.93. The Morgan fingerprint density at radius 1 is 0.742 bits per heavy atom. The van der Waals surface area contributed by atoms with Crippen LogP contribution in [0.25, 0.3) is 32.7 Å². The van der Waals surface area contributed by atoms with Gasteiger partial charge in [0.05, 0.1) is 12.8 Å². The van der Waals surface area contributed by atoms with Crippen molar-refractivity contribution >= 4 is 49.4 Å². The third-order valence-electron chi connectivity index (χ3n) is 5.50. The molecule has 0 saturated carbocycles. The van der Waals surface area contributed by atoms with Gasteiger partial charge in [-0.3, -0.25) is 4.99 Å². The topological polar surface area (TPSA) is 21.6 Å². The molecule has 150 valence electrons. The molecule has 0 saturated heterocycles. The molecule has 2 nitrogen and oxygen atoms in total. The third-order valence-corrected chi connectivity index (χ3v) is 5.99. The van der Waals surface area contributed by atoms with E-state index in [1.165, 1.54) is 32.7 Å². The maximum Gasteiger partial charge on any atom is 0.119 e. The van der Waals surface area contributed by atoms with Gasteiger partial charge in [0.15, 0.2) is 0 Å². The molecule has 0 atom stereocenters. The van der Waals surface area contributed by atoms with Crippen LogP contribution in [0.1, 0.15) is 5.56 Å². The third kappa shape index (κ3) is 3.97. The maximum absolute atomic E-state index is 5.25. The molecule has 31 heavy (non-hydrogen) atoms. The van der Waals surface area contributed by atoms with Crippen molar-refractivity contribution in [1.82, 2.24) is 0 Å². The fraction of sp³-hybridized carbons (Fsp3) is 0.0357. The number of nitrogens with zero attached hydrogens (tertiary/aromatic N) is 1. The average Bonchev–Trinajstić information content (AvgIpc) is 2.82. The first kappa shape index (κ1) is 19.5. The van der Waals surface area contributed by atoms with Crippen LogP contribution in [-0.4, -0.2) is 13.3 Å². The molecule has 0 aliphatic rings. The van der Waals surface area contributed by atoms with Crippen LogP contribution in [0.15, 0.2) is 107 Å². The Bertz CT molecular complexity index is 1420. The van der Waals surface area contributed by atoms with Crippen LogP contribution >= 0.6 is 15.9 Å². The second kappa shape index (κ2) is 8.37. The number of aliphatic imine (C=N–C) groups is 1. The van der Waals surface area contributed by atoms with Crippen LogP contribution in [0.5, 0.6) is 5.75 Å². The summed E-state index contributed by atoms with van der Waals surface area (Å²) in [7, 11) is 1.67. The number of hydrogen-bond donors (Lipinski definition) is 0. The Morgan fingerprint density at radius 2 is 1.48 bits per heavy atom. The van der Waals surface area contributed by atoms with Gasteiger partial charge in [0.25, 0.3) is 0 Å². The zero-order valence-corrected chi connectivity index (χ0v) is 18.6. The molecular formula is C28H20BrNO.